The highest BCUT2D eigenvalue weighted by molar-refractivity contribution is 6.35. The molecule has 0 atom stereocenters. The number of hydrogen-bond acceptors (Lipinski definition) is 2. The van der Waals surface area contributed by atoms with Crippen molar-refractivity contribution in [3.05, 3.63) is 28.5 Å². The molecule has 0 amide bonds. The van der Waals surface area contributed by atoms with Crippen LogP contribution < -0.4 is 4.84 Å². The summed E-state index contributed by atoms with van der Waals surface area (Å²) in [5.41, 5.74) is 2.97. The summed E-state index contributed by atoms with van der Waals surface area (Å²) in [5.74, 6) is 0. The molecular weight excluding hydrogens is 221 g/mol. The molecule has 0 saturated heterocycles. The van der Waals surface area contributed by atoms with Crippen LogP contribution in [0.15, 0.2) is 12.4 Å². The maximum absolute atomic E-state index is 6.03. The summed E-state index contributed by atoms with van der Waals surface area (Å²) in [6, 6.07) is 0. The molecule has 2 aromatic heterocycles. The van der Waals surface area contributed by atoms with Gasteiger partial charge in [0.05, 0.1) is 5.02 Å². The number of hydrogen-bond donors (Lipinski definition) is 2. The van der Waals surface area contributed by atoms with E-state index >= 15 is 0 Å². The first-order chi connectivity index (χ1) is 6.74. The Morgan fingerprint density at radius 2 is 2.36 bits per heavy atom. The molecule has 0 aliphatic rings. The minimum Gasteiger partial charge on any atom is -0.345 e. The van der Waals surface area contributed by atoms with Crippen molar-refractivity contribution in [1.82, 2.24) is 14.8 Å². The second-order valence-corrected chi connectivity index (χ2v) is 3.75. The van der Waals surface area contributed by atoms with Crippen LogP contribution >= 0.6 is 23.4 Å². The quantitative estimate of drug-likeness (QED) is 0.778. The summed E-state index contributed by atoms with van der Waals surface area (Å²) in [5, 5.41) is 1.66. The third-order valence-electron chi connectivity index (χ3n) is 2.27. The number of aromatic nitrogens is 2. The van der Waals surface area contributed by atoms with Gasteiger partial charge >= 0.3 is 0 Å². The Morgan fingerprint density at radius 1 is 1.57 bits per heavy atom. The number of halogens is 2. The SMILES string of the molecule is Cc1c(CNCl)cnc2[nH]cc(Cl)c12. The molecule has 3 nitrogen and oxygen atoms in total. The lowest BCUT2D eigenvalue weighted by Gasteiger charge is -2.04. The molecule has 2 rings (SSSR count). The van der Waals surface area contributed by atoms with Gasteiger partial charge in [0.1, 0.15) is 5.65 Å². The molecule has 0 fully saturated rings. The van der Waals surface area contributed by atoms with E-state index in [0.29, 0.717) is 11.6 Å². The lowest BCUT2D eigenvalue weighted by Crippen LogP contribution is -2.01. The van der Waals surface area contributed by atoms with Gasteiger partial charge in [-0.2, -0.15) is 0 Å². The van der Waals surface area contributed by atoms with Crippen molar-refractivity contribution < 1.29 is 0 Å². The minimum absolute atomic E-state index is 0.581. The summed E-state index contributed by atoms with van der Waals surface area (Å²) in [6.07, 6.45) is 3.53. The summed E-state index contributed by atoms with van der Waals surface area (Å²) < 4.78 is 0. The van der Waals surface area contributed by atoms with Gasteiger partial charge < -0.3 is 4.98 Å². The topological polar surface area (TPSA) is 40.7 Å². The predicted octanol–water partition coefficient (Wildman–Crippen LogP) is 2.77. The molecule has 0 aliphatic heterocycles. The molecule has 0 bridgehead atoms. The fourth-order valence-electron chi connectivity index (χ4n) is 1.50. The first-order valence-corrected chi connectivity index (χ1v) is 4.94. The van der Waals surface area contributed by atoms with E-state index in [1.54, 1.807) is 12.4 Å². The van der Waals surface area contributed by atoms with E-state index in [1.165, 1.54) is 0 Å². The number of H-pyrrole nitrogens is 1. The van der Waals surface area contributed by atoms with E-state index in [4.69, 9.17) is 23.4 Å². The summed E-state index contributed by atoms with van der Waals surface area (Å²) >= 11 is 11.5. The Labute approximate surface area is 91.5 Å². The van der Waals surface area contributed by atoms with Gasteiger partial charge in [-0.15, -0.1) is 0 Å². The molecule has 5 heteroatoms. The number of aromatic amines is 1. The monoisotopic (exact) mass is 229 g/mol. The summed E-state index contributed by atoms with van der Waals surface area (Å²) in [4.78, 5) is 9.82. The van der Waals surface area contributed by atoms with E-state index in [2.05, 4.69) is 14.8 Å². The normalized spacial score (nSPS) is 11.1. The molecule has 2 N–H and O–H groups in total. The van der Waals surface area contributed by atoms with Crippen LogP contribution in [-0.4, -0.2) is 9.97 Å². The third-order valence-corrected chi connectivity index (χ3v) is 2.71. The van der Waals surface area contributed by atoms with Crippen LogP contribution in [0.4, 0.5) is 0 Å². The molecule has 0 saturated carbocycles. The number of nitrogens with one attached hydrogen (secondary N) is 2. The number of pyridine rings is 1. The van der Waals surface area contributed by atoms with Gasteiger partial charge in [-0.3, -0.25) is 0 Å². The molecule has 0 unspecified atom stereocenters. The summed E-state index contributed by atoms with van der Waals surface area (Å²) in [6.45, 7) is 2.59. The van der Waals surface area contributed by atoms with Gasteiger partial charge in [-0.25, -0.2) is 9.82 Å². The average Bonchev–Trinajstić information content (AvgIpc) is 2.54. The van der Waals surface area contributed by atoms with Crippen molar-refractivity contribution in [2.24, 2.45) is 0 Å². The maximum Gasteiger partial charge on any atom is 0.139 e. The van der Waals surface area contributed by atoms with Crippen LogP contribution in [0.3, 0.4) is 0 Å². The first kappa shape index (κ1) is 9.77. The van der Waals surface area contributed by atoms with E-state index in [0.717, 1.165) is 22.2 Å². The maximum atomic E-state index is 6.03. The smallest absolute Gasteiger partial charge is 0.139 e. The van der Waals surface area contributed by atoms with Crippen molar-refractivity contribution >= 4 is 34.4 Å². The fraction of sp³-hybridized carbons (Fsp3) is 0.222. The van der Waals surface area contributed by atoms with Crippen molar-refractivity contribution in [1.29, 1.82) is 0 Å². The molecule has 14 heavy (non-hydrogen) atoms. The highest BCUT2D eigenvalue weighted by Gasteiger charge is 2.08. The van der Waals surface area contributed by atoms with Crippen LogP contribution in [0.1, 0.15) is 11.1 Å². The molecule has 2 aromatic rings. The summed E-state index contributed by atoms with van der Waals surface area (Å²) in [7, 11) is 0. The standard InChI is InChI=1S/C9H9Cl2N3/c1-5-6(3-14-11)2-12-9-8(5)7(10)4-13-9/h2,4,14H,3H2,1H3,(H,12,13). The predicted molar refractivity (Wildman–Crippen MR) is 58.5 cm³/mol. The Bertz CT molecular complexity index is 464. The molecule has 2 heterocycles. The van der Waals surface area contributed by atoms with Crippen LogP contribution in [0, 0.1) is 6.92 Å². The zero-order chi connectivity index (χ0) is 10.1. The number of aryl methyl sites for hydroxylation is 1. The van der Waals surface area contributed by atoms with E-state index < -0.39 is 0 Å². The lowest BCUT2D eigenvalue weighted by atomic mass is 10.1. The number of nitrogens with zero attached hydrogens (tertiary/aromatic N) is 1. The fourth-order valence-corrected chi connectivity index (χ4v) is 1.93. The van der Waals surface area contributed by atoms with Gasteiger partial charge in [0, 0.05) is 24.3 Å². The Balaban J connectivity index is 2.66. The van der Waals surface area contributed by atoms with Crippen molar-refractivity contribution in [3.8, 4) is 0 Å². The Kier molecular flexibility index (Phi) is 2.63. The van der Waals surface area contributed by atoms with Gasteiger partial charge in [0.15, 0.2) is 0 Å². The van der Waals surface area contributed by atoms with Crippen molar-refractivity contribution in [2.45, 2.75) is 13.5 Å². The van der Waals surface area contributed by atoms with Crippen LogP contribution in [0.2, 0.25) is 5.02 Å². The van der Waals surface area contributed by atoms with Crippen LogP contribution in [0.25, 0.3) is 11.0 Å². The third kappa shape index (κ3) is 1.47. The van der Waals surface area contributed by atoms with Gasteiger partial charge in [-0.05, 0) is 29.8 Å². The molecule has 0 aromatic carbocycles. The van der Waals surface area contributed by atoms with E-state index in [9.17, 15) is 0 Å². The zero-order valence-corrected chi connectivity index (χ0v) is 9.08. The highest BCUT2D eigenvalue weighted by atomic mass is 35.5. The second kappa shape index (κ2) is 3.77. The number of rotatable bonds is 2. The zero-order valence-electron chi connectivity index (χ0n) is 7.56. The molecule has 0 radical (unpaired) electrons. The average molecular weight is 230 g/mol. The minimum atomic E-state index is 0.581. The molecular formula is C9H9Cl2N3. The highest BCUT2D eigenvalue weighted by Crippen LogP contribution is 2.26. The van der Waals surface area contributed by atoms with E-state index in [-0.39, 0.29) is 0 Å². The second-order valence-electron chi connectivity index (χ2n) is 3.08. The van der Waals surface area contributed by atoms with Crippen molar-refractivity contribution in [3.63, 3.8) is 0 Å². The number of fused-ring (bicyclic) bond motifs is 1. The molecule has 0 spiro atoms. The van der Waals surface area contributed by atoms with E-state index in [1.807, 2.05) is 6.92 Å². The molecule has 74 valence electrons. The van der Waals surface area contributed by atoms with Crippen molar-refractivity contribution in [2.75, 3.05) is 0 Å². The Morgan fingerprint density at radius 3 is 3.07 bits per heavy atom. The van der Waals surface area contributed by atoms with Gasteiger partial charge in [-0.1, -0.05) is 11.6 Å². The van der Waals surface area contributed by atoms with Crippen LogP contribution in [0.5, 0.6) is 0 Å². The van der Waals surface area contributed by atoms with Crippen LogP contribution in [-0.2, 0) is 6.54 Å². The lowest BCUT2D eigenvalue weighted by molar-refractivity contribution is 0.945. The first-order valence-electron chi connectivity index (χ1n) is 4.18. The molecule has 0 aliphatic carbocycles. The van der Waals surface area contributed by atoms with Gasteiger partial charge in [0.25, 0.3) is 0 Å². The van der Waals surface area contributed by atoms with Gasteiger partial charge in [0.2, 0.25) is 0 Å². The Hall–Kier alpha value is -0.770. The largest absolute Gasteiger partial charge is 0.345 e.